The van der Waals surface area contributed by atoms with E-state index in [-0.39, 0.29) is 0 Å². The Morgan fingerprint density at radius 2 is 1.90 bits per heavy atom. The largest absolute Gasteiger partial charge is 0.377 e. The van der Waals surface area contributed by atoms with Crippen LogP contribution >= 0.6 is 0 Å². The van der Waals surface area contributed by atoms with Crippen molar-refractivity contribution >= 4 is 0 Å². The van der Waals surface area contributed by atoms with E-state index in [2.05, 4.69) is 24.1 Å². The molecule has 1 saturated carbocycles. The maximum Gasteiger partial charge on any atom is 0.0700 e. The molecule has 0 aromatic heterocycles. The number of hydrogen-bond donors (Lipinski definition) is 1. The van der Waals surface area contributed by atoms with Gasteiger partial charge in [-0.05, 0) is 44.6 Å². The minimum atomic E-state index is 0.477. The van der Waals surface area contributed by atoms with Gasteiger partial charge < -0.3 is 10.1 Å². The number of rotatable bonds is 9. The molecule has 2 fully saturated rings. The van der Waals surface area contributed by atoms with E-state index < -0.39 is 0 Å². The van der Waals surface area contributed by atoms with Crippen LogP contribution in [-0.2, 0) is 4.74 Å². The highest BCUT2D eigenvalue weighted by molar-refractivity contribution is 4.78. The van der Waals surface area contributed by atoms with Gasteiger partial charge >= 0.3 is 0 Å². The van der Waals surface area contributed by atoms with E-state index in [4.69, 9.17) is 4.74 Å². The van der Waals surface area contributed by atoms with Crippen LogP contribution in [0.1, 0.15) is 58.8 Å². The fourth-order valence-corrected chi connectivity index (χ4v) is 3.46. The molecule has 1 unspecified atom stereocenters. The molecule has 2 rings (SSSR count). The Morgan fingerprint density at radius 1 is 1.10 bits per heavy atom. The minimum absolute atomic E-state index is 0.477. The van der Waals surface area contributed by atoms with Gasteiger partial charge in [0.2, 0.25) is 0 Å². The van der Waals surface area contributed by atoms with Crippen LogP contribution in [0.4, 0.5) is 0 Å². The van der Waals surface area contributed by atoms with Gasteiger partial charge in [-0.15, -0.1) is 0 Å². The zero-order chi connectivity index (χ0) is 14.2. The number of ether oxygens (including phenoxy) is 1. The van der Waals surface area contributed by atoms with Gasteiger partial charge in [-0.3, -0.25) is 4.90 Å². The van der Waals surface area contributed by atoms with Crippen molar-refractivity contribution < 1.29 is 4.74 Å². The van der Waals surface area contributed by atoms with E-state index in [1.807, 2.05) is 0 Å². The van der Waals surface area contributed by atoms with Crippen LogP contribution in [-0.4, -0.2) is 49.8 Å². The zero-order valence-corrected chi connectivity index (χ0v) is 13.6. The maximum absolute atomic E-state index is 5.66. The highest BCUT2D eigenvalue weighted by atomic mass is 16.5. The van der Waals surface area contributed by atoms with Gasteiger partial charge in [-0.2, -0.15) is 0 Å². The fourth-order valence-electron chi connectivity index (χ4n) is 3.46. The van der Waals surface area contributed by atoms with Crippen LogP contribution in [0.2, 0.25) is 0 Å². The Balaban J connectivity index is 1.63. The third kappa shape index (κ3) is 5.71. The second-order valence-electron chi connectivity index (χ2n) is 7.00. The molecule has 0 bridgehead atoms. The third-order valence-corrected chi connectivity index (χ3v) is 4.81. The summed E-state index contributed by atoms with van der Waals surface area (Å²) in [5.41, 5.74) is 0. The SMILES string of the molecule is CC(C)CCN(CCNCC1CCCO1)C1CCCC1. The van der Waals surface area contributed by atoms with Gasteiger partial charge in [0, 0.05) is 32.3 Å². The first-order chi connectivity index (χ1) is 9.75. The number of hydrogen-bond acceptors (Lipinski definition) is 3. The van der Waals surface area contributed by atoms with Gasteiger partial charge in [0.25, 0.3) is 0 Å². The molecule has 3 heteroatoms. The Hall–Kier alpha value is -0.120. The fraction of sp³-hybridized carbons (Fsp3) is 1.00. The average molecular weight is 282 g/mol. The smallest absolute Gasteiger partial charge is 0.0700 e. The molecular formula is C17H34N2O. The quantitative estimate of drug-likeness (QED) is 0.658. The summed E-state index contributed by atoms with van der Waals surface area (Å²) in [4.78, 5) is 2.75. The lowest BCUT2D eigenvalue weighted by Crippen LogP contribution is -2.40. The first kappa shape index (κ1) is 16.3. The molecule has 1 N–H and O–H groups in total. The van der Waals surface area contributed by atoms with Gasteiger partial charge in [0.05, 0.1) is 6.10 Å². The Morgan fingerprint density at radius 3 is 2.55 bits per heavy atom. The summed E-state index contributed by atoms with van der Waals surface area (Å²) in [5.74, 6) is 0.818. The third-order valence-electron chi connectivity index (χ3n) is 4.81. The van der Waals surface area contributed by atoms with Crippen LogP contribution in [0.25, 0.3) is 0 Å². The summed E-state index contributed by atoms with van der Waals surface area (Å²) in [5, 5.41) is 3.60. The summed E-state index contributed by atoms with van der Waals surface area (Å²) < 4.78 is 5.66. The lowest BCUT2D eigenvalue weighted by atomic mass is 10.1. The van der Waals surface area contributed by atoms with Crippen molar-refractivity contribution in [2.75, 3.05) is 32.8 Å². The van der Waals surface area contributed by atoms with Crippen LogP contribution in [0.3, 0.4) is 0 Å². The van der Waals surface area contributed by atoms with Crippen LogP contribution in [0.5, 0.6) is 0 Å². The van der Waals surface area contributed by atoms with Crippen molar-refractivity contribution in [2.24, 2.45) is 5.92 Å². The minimum Gasteiger partial charge on any atom is -0.377 e. The molecule has 1 aliphatic carbocycles. The molecule has 1 aliphatic heterocycles. The van der Waals surface area contributed by atoms with Crippen molar-refractivity contribution in [3.05, 3.63) is 0 Å². The highest BCUT2D eigenvalue weighted by Gasteiger charge is 2.22. The normalized spacial score (nSPS) is 24.3. The van der Waals surface area contributed by atoms with Crippen molar-refractivity contribution in [3.8, 4) is 0 Å². The summed E-state index contributed by atoms with van der Waals surface area (Å²) in [6, 6.07) is 0.860. The topological polar surface area (TPSA) is 24.5 Å². The first-order valence-electron chi connectivity index (χ1n) is 8.82. The predicted molar refractivity (Wildman–Crippen MR) is 85.1 cm³/mol. The summed E-state index contributed by atoms with van der Waals surface area (Å²) in [6.07, 6.45) is 10.0. The van der Waals surface area contributed by atoms with E-state index in [1.165, 1.54) is 58.0 Å². The van der Waals surface area contributed by atoms with Crippen molar-refractivity contribution in [2.45, 2.75) is 70.9 Å². The van der Waals surface area contributed by atoms with Crippen molar-refractivity contribution in [1.82, 2.24) is 10.2 Å². The molecule has 1 atom stereocenters. The molecule has 0 radical (unpaired) electrons. The molecule has 20 heavy (non-hydrogen) atoms. The molecule has 1 heterocycles. The molecule has 0 aromatic carbocycles. The molecule has 0 amide bonds. The second kappa shape index (κ2) is 9.01. The average Bonchev–Trinajstić information content (AvgIpc) is 3.10. The molecule has 3 nitrogen and oxygen atoms in total. The van der Waals surface area contributed by atoms with E-state index >= 15 is 0 Å². The van der Waals surface area contributed by atoms with Crippen LogP contribution in [0, 0.1) is 5.92 Å². The predicted octanol–water partition coefficient (Wildman–Crippen LogP) is 3.05. The van der Waals surface area contributed by atoms with E-state index in [9.17, 15) is 0 Å². The highest BCUT2D eigenvalue weighted by Crippen LogP contribution is 2.23. The Kier molecular flexibility index (Phi) is 7.32. The van der Waals surface area contributed by atoms with Crippen LogP contribution in [0.15, 0.2) is 0 Å². The van der Waals surface area contributed by atoms with Gasteiger partial charge in [0.1, 0.15) is 0 Å². The molecule has 2 aliphatic rings. The summed E-state index contributed by atoms with van der Waals surface area (Å²) in [7, 11) is 0. The lowest BCUT2D eigenvalue weighted by Gasteiger charge is -2.29. The maximum atomic E-state index is 5.66. The van der Waals surface area contributed by atoms with Crippen molar-refractivity contribution in [1.29, 1.82) is 0 Å². The lowest BCUT2D eigenvalue weighted by molar-refractivity contribution is 0.108. The van der Waals surface area contributed by atoms with E-state index in [1.54, 1.807) is 0 Å². The van der Waals surface area contributed by atoms with Gasteiger partial charge in [-0.25, -0.2) is 0 Å². The Bertz CT molecular complexity index is 245. The van der Waals surface area contributed by atoms with Gasteiger partial charge in [-0.1, -0.05) is 26.7 Å². The molecular weight excluding hydrogens is 248 g/mol. The molecule has 0 aromatic rings. The monoisotopic (exact) mass is 282 g/mol. The van der Waals surface area contributed by atoms with E-state index in [0.717, 1.165) is 31.7 Å². The zero-order valence-electron chi connectivity index (χ0n) is 13.6. The molecule has 0 spiro atoms. The Labute approximate surface area is 125 Å². The van der Waals surface area contributed by atoms with Crippen molar-refractivity contribution in [3.63, 3.8) is 0 Å². The summed E-state index contributed by atoms with van der Waals surface area (Å²) >= 11 is 0. The van der Waals surface area contributed by atoms with E-state index in [0.29, 0.717) is 6.10 Å². The molecule has 118 valence electrons. The standard InChI is InChI=1S/C17H34N2O/c1-15(2)9-11-19(16-6-3-4-7-16)12-10-18-14-17-8-5-13-20-17/h15-18H,3-14H2,1-2H3. The van der Waals surface area contributed by atoms with Gasteiger partial charge in [0.15, 0.2) is 0 Å². The van der Waals surface area contributed by atoms with Crippen LogP contribution < -0.4 is 5.32 Å². The first-order valence-corrected chi connectivity index (χ1v) is 8.82. The second-order valence-corrected chi connectivity index (χ2v) is 7.00. The summed E-state index contributed by atoms with van der Waals surface area (Å²) in [6.45, 7) is 10.3. The number of nitrogens with zero attached hydrogens (tertiary/aromatic N) is 1. The molecule has 1 saturated heterocycles. The number of nitrogens with one attached hydrogen (secondary N) is 1.